The van der Waals surface area contributed by atoms with Crippen LogP contribution in [0.5, 0.6) is 0 Å². The highest BCUT2D eigenvalue weighted by Gasteiger charge is 2.36. The summed E-state index contributed by atoms with van der Waals surface area (Å²) in [6.07, 6.45) is 0.138. The van der Waals surface area contributed by atoms with Gasteiger partial charge in [-0.05, 0) is 20.3 Å². The summed E-state index contributed by atoms with van der Waals surface area (Å²) in [6.45, 7) is 4.56. The minimum absolute atomic E-state index is 0.0225. The number of carbonyl (C=O) groups excluding carboxylic acids is 1. The van der Waals surface area contributed by atoms with E-state index >= 15 is 0 Å². The van der Waals surface area contributed by atoms with E-state index in [-0.39, 0.29) is 24.7 Å². The average Bonchev–Trinajstić information content (AvgIpc) is 2.79. The van der Waals surface area contributed by atoms with E-state index in [4.69, 9.17) is 14.6 Å². The predicted octanol–water partition coefficient (Wildman–Crippen LogP) is 0.685. The van der Waals surface area contributed by atoms with E-state index in [0.717, 1.165) is 0 Å². The molecule has 0 radical (unpaired) electrons. The maximum atomic E-state index is 12.2. The van der Waals surface area contributed by atoms with Crippen molar-refractivity contribution in [1.29, 1.82) is 0 Å². The lowest BCUT2D eigenvalue weighted by molar-refractivity contribution is -0.137. The molecule has 1 fully saturated rings. The molecule has 1 aliphatic rings. The van der Waals surface area contributed by atoms with Gasteiger partial charge < -0.3 is 24.8 Å². The fourth-order valence-corrected chi connectivity index (χ4v) is 2.21. The Bertz CT molecular complexity index is 347. The topological polar surface area (TPSA) is 88.1 Å². The number of nitrogens with one attached hydrogen (secondary N) is 1. The van der Waals surface area contributed by atoms with Gasteiger partial charge in [0.05, 0.1) is 13.1 Å². The Morgan fingerprint density at radius 1 is 1.25 bits per heavy atom. The Morgan fingerprint density at radius 3 is 2.15 bits per heavy atom. The Labute approximate surface area is 119 Å². The number of methoxy groups -OCH3 is 2. The summed E-state index contributed by atoms with van der Waals surface area (Å²) in [4.78, 5) is 24.4. The number of amides is 2. The zero-order valence-corrected chi connectivity index (χ0v) is 12.5. The molecule has 1 saturated heterocycles. The monoisotopic (exact) mass is 288 g/mol. The largest absolute Gasteiger partial charge is 0.481 e. The van der Waals surface area contributed by atoms with Crippen molar-refractivity contribution in [2.24, 2.45) is 0 Å². The standard InChI is InChI=1S/C13H24N2O5/c1-13(2,6-5-11(16)17)14-12(18)15-7-9(19-3)10(8-15)20-4/h9-10H,5-8H2,1-4H3,(H,14,18)(H,16,17). The summed E-state index contributed by atoms with van der Waals surface area (Å²) >= 11 is 0. The van der Waals surface area contributed by atoms with Gasteiger partial charge in [0.15, 0.2) is 0 Å². The number of carbonyl (C=O) groups is 2. The lowest BCUT2D eigenvalue weighted by Crippen LogP contribution is -2.50. The quantitative estimate of drug-likeness (QED) is 0.750. The first-order valence-electron chi connectivity index (χ1n) is 6.63. The first-order chi connectivity index (χ1) is 9.29. The fourth-order valence-electron chi connectivity index (χ4n) is 2.21. The molecule has 116 valence electrons. The van der Waals surface area contributed by atoms with Crippen molar-refractivity contribution in [3.8, 4) is 0 Å². The third-order valence-corrected chi connectivity index (χ3v) is 3.52. The van der Waals surface area contributed by atoms with E-state index < -0.39 is 11.5 Å². The third-order valence-electron chi connectivity index (χ3n) is 3.52. The van der Waals surface area contributed by atoms with Crippen LogP contribution in [0.2, 0.25) is 0 Å². The number of hydrogen-bond donors (Lipinski definition) is 2. The van der Waals surface area contributed by atoms with Gasteiger partial charge in [-0.3, -0.25) is 4.79 Å². The van der Waals surface area contributed by atoms with Crippen molar-refractivity contribution in [2.45, 2.75) is 44.4 Å². The summed E-state index contributed by atoms with van der Waals surface area (Å²) in [5.74, 6) is -0.868. The minimum Gasteiger partial charge on any atom is -0.481 e. The van der Waals surface area contributed by atoms with Gasteiger partial charge in [0.1, 0.15) is 12.2 Å². The molecule has 7 nitrogen and oxygen atoms in total. The van der Waals surface area contributed by atoms with Crippen LogP contribution in [-0.2, 0) is 14.3 Å². The molecule has 2 unspecified atom stereocenters. The molecule has 1 rings (SSSR count). The predicted molar refractivity (Wildman–Crippen MR) is 72.6 cm³/mol. The van der Waals surface area contributed by atoms with E-state index in [1.54, 1.807) is 19.1 Å². The molecular formula is C13H24N2O5. The molecule has 20 heavy (non-hydrogen) atoms. The molecule has 0 aromatic carbocycles. The fraction of sp³-hybridized carbons (Fsp3) is 0.846. The van der Waals surface area contributed by atoms with E-state index in [2.05, 4.69) is 5.32 Å². The number of carboxylic acids is 1. The van der Waals surface area contributed by atoms with Crippen LogP contribution >= 0.6 is 0 Å². The second kappa shape index (κ2) is 6.90. The lowest BCUT2D eigenvalue weighted by atomic mass is 9.99. The molecule has 7 heteroatoms. The molecule has 0 aromatic rings. The average molecular weight is 288 g/mol. The molecule has 0 aliphatic carbocycles. The number of rotatable bonds is 6. The molecular weight excluding hydrogens is 264 g/mol. The molecule has 0 bridgehead atoms. The minimum atomic E-state index is -0.868. The Hall–Kier alpha value is -1.34. The van der Waals surface area contributed by atoms with Gasteiger partial charge in [-0.25, -0.2) is 4.79 Å². The van der Waals surface area contributed by atoms with Crippen LogP contribution in [0.25, 0.3) is 0 Å². The van der Waals surface area contributed by atoms with Crippen molar-refractivity contribution in [3.63, 3.8) is 0 Å². The Balaban J connectivity index is 2.52. The number of aliphatic carboxylic acids is 1. The summed E-state index contributed by atoms with van der Waals surface area (Å²) in [6, 6.07) is -0.220. The number of nitrogens with zero attached hydrogens (tertiary/aromatic N) is 1. The van der Waals surface area contributed by atoms with Crippen molar-refractivity contribution in [1.82, 2.24) is 10.2 Å². The Morgan fingerprint density at radius 2 is 1.75 bits per heavy atom. The van der Waals surface area contributed by atoms with Crippen LogP contribution in [0.4, 0.5) is 4.79 Å². The molecule has 0 saturated carbocycles. The molecule has 0 aromatic heterocycles. The second-order valence-electron chi connectivity index (χ2n) is 5.66. The van der Waals surface area contributed by atoms with Crippen molar-refractivity contribution in [3.05, 3.63) is 0 Å². The first-order valence-corrected chi connectivity index (χ1v) is 6.63. The van der Waals surface area contributed by atoms with Crippen molar-refractivity contribution < 1.29 is 24.2 Å². The molecule has 0 spiro atoms. The lowest BCUT2D eigenvalue weighted by Gasteiger charge is -2.28. The maximum absolute atomic E-state index is 12.2. The van der Waals surface area contributed by atoms with Crippen LogP contribution in [-0.4, -0.2) is 67.1 Å². The van der Waals surface area contributed by atoms with Gasteiger partial charge >= 0.3 is 12.0 Å². The highest BCUT2D eigenvalue weighted by Crippen LogP contribution is 2.18. The number of urea groups is 1. The van der Waals surface area contributed by atoms with E-state index in [9.17, 15) is 9.59 Å². The second-order valence-corrected chi connectivity index (χ2v) is 5.66. The summed E-state index contributed by atoms with van der Waals surface area (Å²) < 4.78 is 10.6. The van der Waals surface area contributed by atoms with Crippen LogP contribution in [0.1, 0.15) is 26.7 Å². The van der Waals surface area contributed by atoms with Crippen molar-refractivity contribution >= 4 is 12.0 Å². The SMILES string of the molecule is COC1CN(C(=O)NC(C)(C)CCC(=O)O)CC1OC. The van der Waals surface area contributed by atoms with Crippen molar-refractivity contribution in [2.75, 3.05) is 27.3 Å². The van der Waals surface area contributed by atoms with Crippen LogP contribution < -0.4 is 5.32 Å². The first kappa shape index (κ1) is 16.7. The highest BCUT2D eigenvalue weighted by molar-refractivity contribution is 5.75. The van der Waals surface area contributed by atoms with Crippen LogP contribution in [0.3, 0.4) is 0 Å². The Kier molecular flexibility index (Phi) is 5.76. The molecule has 1 aliphatic heterocycles. The molecule has 2 N–H and O–H groups in total. The summed E-state index contributed by atoms with van der Waals surface area (Å²) in [5.41, 5.74) is -0.566. The van der Waals surface area contributed by atoms with Gasteiger partial charge in [-0.1, -0.05) is 0 Å². The maximum Gasteiger partial charge on any atom is 0.317 e. The normalized spacial score (nSPS) is 22.9. The number of ether oxygens (including phenoxy) is 2. The zero-order valence-electron chi connectivity index (χ0n) is 12.5. The smallest absolute Gasteiger partial charge is 0.317 e. The van der Waals surface area contributed by atoms with Gasteiger partial charge in [0.2, 0.25) is 0 Å². The van der Waals surface area contributed by atoms with Gasteiger partial charge in [-0.15, -0.1) is 0 Å². The number of likely N-dealkylation sites (tertiary alicyclic amines) is 1. The van der Waals surface area contributed by atoms with Crippen LogP contribution in [0.15, 0.2) is 0 Å². The highest BCUT2D eigenvalue weighted by atomic mass is 16.5. The number of carboxylic acid groups (broad SMARTS) is 1. The van der Waals surface area contributed by atoms with Crippen LogP contribution in [0, 0.1) is 0 Å². The third kappa shape index (κ3) is 4.64. The number of hydrogen-bond acceptors (Lipinski definition) is 4. The van der Waals surface area contributed by atoms with E-state index in [1.165, 1.54) is 0 Å². The summed E-state index contributed by atoms with van der Waals surface area (Å²) in [5, 5.41) is 11.6. The van der Waals surface area contributed by atoms with E-state index in [0.29, 0.717) is 19.5 Å². The summed E-state index contributed by atoms with van der Waals surface area (Å²) in [7, 11) is 3.18. The molecule has 1 heterocycles. The molecule has 2 amide bonds. The van der Waals surface area contributed by atoms with E-state index in [1.807, 2.05) is 13.8 Å². The van der Waals surface area contributed by atoms with Gasteiger partial charge in [0.25, 0.3) is 0 Å². The van der Waals surface area contributed by atoms with Gasteiger partial charge in [0, 0.05) is 26.2 Å². The molecule has 2 atom stereocenters. The van der Waals surface area contributed by atoms with Gasteiger partial charge in [-0.2, -0.15) is 0 Å². The zero-order chi connectivity index (χ0) is 15.3.